The summed E-state index contributed by atoms with van der Waals surface area (Å²) >= 11 is 0. The number of hydrogen-bond acceptors (Lipinski definition) is 5. The standard InChI is InChI=1S/C22H21F3N2O5/c1-13-4-7-17(18(10-13)32-12-22(23,24)25)26-19(28)14-5-6-15-16(11-14)21(30)27(20(15)29)8-3-9-31-2/h4-7,10-11H,3,8-9,12H2,1-2H3,(H,26,28). The number of anilines is 1. The van der Waals surface area contributed by atoms with Crippen LogP contribution in [0.1, 0.15) is 43.1 Å². The Hall–Kier alpha value is -3.40. The van der Waals surface area contributed by atoms with E-state index in [0.717, 1.165) is 4.90 Å². The normalized spacial score (nSPS) is 13.3. The van der Waals surface area contributed by atoms with Crippen molar-refractivity contribution in [2.24, 2.45) is 0 Å². The predicted molar refractivity (Wildman–Crippen MR) is 109 cm³/mol. The number of nitrogens with one attached hydrogen (secondary N) is 1. The van der Waals surface area contributed by atoms with Gasteiger partial charge in [0.15, 0.2) is 6.61 Å². The van der Waals surface area contributed by atoms with Crippen LogP contribution in [0.3, 0.4) is 0 Å². The Morgan fingerprint density at radius 1 is 1.06 bits per heavy atom. The maximum atomic E-state index is 12.7. The molecule has 0 bridgehead atoms. The van der Waals surface area contributed by atoms with E-state index in [0.29, 0.717) is 18.6 Å². The highest BCUT2D eigenvalue weighted by molar-refractivity contribution is 6.22. The second-order valence-corrected chi connectivity index (χ2v) is 7.23. The number of aryl methyl sites for hydroxylation is 1. The predicted octanol–water partition coefficient (Wildman–Crippen LogP) is 3.82. The Labute approximate surface area is 182 Å². The number of benzene rings is 2. The number of rotatable bonds is 8. The van der Waals surface area contributed by atoms with Crippen molar-refractivity contribution >= 4 is 23.4 Å². The Bertz CT molecular complexity index is 1050. The second kappa shape index (κ2) is 9.39. The van der Waals surface area contributed by atoms with E-state index >= 15 is 0 Å². The Balaban J connectivity index is 1.78. The van der Waals surface area contributed by atoms with Gasteiger partial charge < -0.3 is 14.8 Å². The zero-order valence-corrected chi connectivity index (χ0v) is 17.4. The van der Waals surface area contributed by atoms with Crippen molar-refractivity contribution in [3.8, 4) is 5.75 Å². The smallest absolute Gasteiger partial charge is 0.422 e. The highest BCUT2D eigenvalue weighted by Crippen LogP contribution is 2.29. The third kappa shape index (κ3) is 5.25. The molecule has 0 saturated heterocycles. The van der Waals surface area contributed by atoms with Gasteiger partial charge in [0.2, 0.25) is 0 Å². The lowest BCUT2D eigenvalue weighted by atomic mass is 10.1. The third-order valence-electron chi connectivity index (χ3n) is 4.74. The van der Waals surface area contributed by atoms with Crippen molar-refractivity contribution in [2.45, 2.75) is 19.5 Å². The molecule has 170 valence electrons. The van der Waals surface area contributed by atoms with Crippen LogP contribution in [0.4, 0.5) is 18.9 Å². The van der Waals surface area contributed by atoms with Crippen molar-refractivity contribution < 1.29 is 37.0 Å². The highest BCUT2D eigenvalue weighted by atomic mass is 19.4. The van der Waals surface area contributed by atoms with Crippen LogP contribution in [0.15, 0.2) is 36.4 Å². The first kappa shape index (κ1) is 23.3. The molecule has 3 rings (SSSR count). The van der Waals surface area contributed by atoms with E-state index in [1.807, 2.05) is 0 Å². The number of imide groups is 1. The molecule has 10 heteroatoms. The lowest BCUT2D eigenvalue weighted by Crippen LogP contribution is -2.31. The molecular weight excluding hydrogens is 429 g/mol. The van der Waals surface area contributed by atoms with Crippen molar-refractivity contribution in [1.82, 2.24) is 4.90 Å². The fourth-order valence-corrected chi connectivity index (χ4v) is 3.21. The number of amides is 3. The van der Waals surface area contributed by atoms with Gasteiger partial charge >= 0.3 is 6.18 Å². The summed E-state index contributed by atoms with van der Waals surface area (Å²) in [4.78, 5) is 38.9. The molecule has 0 unspecified atom stereocenters. The minimum Gasteiger partial charge on any atom is -0.482 e. The van der Waals surface area contributed by atoms with Gasteiger partial charge in [0.25, 0.3) is 17.7 Å². The molecule has 1 heterocycles. The Morgan fingerprint density at radius 2 is 1.78 bits per heavy atom. The first-order valence-electron chi connectivity index (χ1n) is 9.71. The fourth-order valence-electron chi connectivity index (χ4n) is 3.21. The number of ether oxygens (including phenoxy) is 2. The number of carbonyl (C=O) groups excluding carboxylic acids is 3. The van der Waals surface area contributed by atoms with E-state index in [2.05, 4.69) is 5.32 Å². The van der Waals surface area contributed by atoms with Gasteiger partial charge in [-0.1, -0.05) is 6.07 Å². The average Bonchev–Trinajstić information content (AvgIpc) is 2.97. The summed E-state index contributed by atoms with van der Waals surface area (Å²) < 4.78 is 47.4. The molecule has 32 heavy (non-hydrogen) atoms. The summed E-state index contributed by atoms with van der Waals surface area (Å²) in [7, 11) is 1.51. The van der Waals surface area contributed by atoms with Crippen molar-refractivity contribution in [3.63, 3.8) is 0 Å². The SMILES string of the molecule is COCCCN1C(=O)c2ccc(C(=O)Nc3ccc(C)cc3OCC(F)(F)F)cc2C1=O. The lowest BCUT2D eigenvalue weighted by Gasteiger charge is -2.15. The van der Waals surface area contributed by atoms with E-state index in [1.165, 1.54) is 37.4 Å². The number of carbonyl (C=O) groups is 3. The molecule has 3 amide bonds. The van der Waals surface area contributed by atoms with Crippen molar-refractivity contribution in [3.05, 3.63) is 58.7 Å². The number of hydrogen-bond donors (Lipinski definition) is 1. The van der Waals surface area contributed by atoms with E-state index < -0.39 is 30.5 Å². The van der Waals surface area contributed by atoms with Crippen LogP contribution >= 0.6 is 0 Å². The van der Waals surface area contributed by atoms with Crippen LogP contribution in [-0.4, -0.2) is 55.7 Å². The van der Waals surface area contributed by atoms with E-state index in [9.17, 15) is 27.6 Å². The third-order valence-corrected chi connectivity index (χ3v) is 4.74. The average molecular weight is 450 g/mol. The van der Waals surface area contributed by atoms with E-state index in [-0.39, 0.29) is 34.7 Å². The summed E-state index contributed by atoms with van der Waals surface area (Å²) in [5.74, 6) is -1.76. The molecule has 1 aliphatic rings. The van der Waals surface area contributed by atoms with Crippen molar-refractivity contribution in [2.75, 3.05) is 32.2 Å². The zero-order valence-electron chi connectivity index (χ0n) is 17.4. The van der Waals surface area contributed by atoms with Crippen LogP contribution in [0, 0.1) is 6.92 Å². The molecule has 0 radical (unpaired) electrons. The quantitative estimate of drug-likeness (QED) is 0.488. The summed E-state index contributed by atoms with van der Waals surface area (Å²) in [5.41, 5.74) is 1.06. The molecule has 1 N–H and O–H groups in total. The van der Waals surface area contributed by atoms with Crippen molar-refractivity contribution in [1.29, 1.82) is 0 Å². The maximum absolute atomic E-state index is 12.7. The van der Waals surface area contributed by atoms with Gasteiger partial charge in [-0.25, -0.2) is 0 Å². The van der Waals surface area contributed by atoms with Crippen LogP contribution < -0.4 is 10.1 Å². The molecule has 0 spiro atoms. The molecule has 1 aliphatic heterocycles. The van der Waals surface area contributed by atoms with Gasteiger partial charge in [-0.05, 0) is 49.2 Å². The Morgan fingerprint density at radius 3 is 2.47 bits per heavy atom. The number of fused-ring (bicyclic) bond motifs is 1. The summed E-state index contributed by atoms with van der Waals surface area (Å²) in [6, 6.07) is 8.48. The molecule has 0 aromatic heterocycles. The van der Waals surface area contributed by atoms with Crippen LogP contribution in [0.25, 0.3) is 0 Å². The molecule has 0 fully saturated rings. The minimum atomic E-state index is -4.53. The minimum absolute atomic E-state index is 0.0499. The number of alkyl halides is 3. The first-order valence-corrected chi connectivity index (χ1v) is 9.71. The Kier molecular flexibility index (Phi) is 6.83. The first-order chi connectivity index (χ1) is 15.1. The summed E-state index contributed by atoms with van der Waals surface area (Å²) in [5, 5.41) is 2.50. The summed E-state index contributed by atoms with van der Waals surface area (Å²) in [6.07, 6.45) is -4.06. The van der Waals surface area contributed by atoms with Gasteiger partial charge in [-0.15, -0.1) is 0 Å². The molecule has 0 aliphatic carbocycles. The molecule has 2 aromatic carbocycles. The molecule has 0 saturated carbocycles. The highest BCUT2D eigenvalue weighted by Gasteiger charge is 2.35. The topological polar surface area (TPSA) is 84.9 Å². The van der Waals surface area contributed by atoms with Gasteiger partial charge in [-0.3, -0.25) is 19.3 Å². The second-order valence-electron chi connectivity index (χ2n) is 7.23. The maximum Gasteiger partial charge on any atom is 0.422 e. The molecular formula is C22H21F3N2O5. The van der Waals surface area contributed by atoms with Crippen LogP contribution in [0.2, 0.25) is 0 Å². The zero-order chi connectivity index (χ0) is 23.5. The summed E-state index contributed by atoms with van der Waals surface area (Å²) in [6.45, 7) is 0.739. The van der Waals surface area contributed by atoms with Crippen LogP contribution in [-0.2, 0) is 4.74 Å². The number of halogens is 3. The van der Waals surface area contributed by atoms with E-state index in [1.54, 1.807) is 13.0 Å². The van der Waals surface area contributed by atoms with Gasteiger partial charge in [0.05, 0.1) is 16.8 Å². The molecule has 2 aromatic rings. The fraction of sp³-hybridized carbons (Fsp3) is 0.318. The van der Waals surface area contributed by atoms with E-state index in [4.69, 9.17) is 9.47 Å². The number of nitrogens with zero attached hydrogens (tertiary/aromatic N) is 1. The van der Waals surface area contributed by atoms with Crippen LogP contribution in [0.5, 0.6) is 5.75 Å². The monoisotopic (exact) mass is 450 g/mol. The lowest BCUT2D eigenvalue weighted by molar-refractivity contribution is -0.153. The van der Waals surface area contributed by atoms with Gasteiger partial charge in [0, 0.05) is 25.8 Å². The van der Waals surface area contributed by atoms with Gasteiger partial charge in [-0.2, -0.15) is 13.2 Å². The largest absolute Gasteiger partial charge is 0.482 e. The van der Waals surface area contributed by atoms with Gasteiger partial charge in [0.1, 0.15) is 5.75 Å². The molecule has 7 nitrogen and oxygen atoms in total. The molecule has 0 atom stereocenters. The number of methoxy groups -OCH3 is 1.